The number of carbonyl (C=O) groups is 2. The number of nitrogens with zero attached hydrogens (tertiary/aromatic N) is 2. The molecule has 5 nitrogen and oxygen atoms in total. The van der Waals surface area contributed by atoms with Crippen molar-refractivity contribution in [3.05, 3.63) is 76.7 Å². The Labute approximate surface area is 162 Å². The van der Waals surface area contributed by atoms with E-state index in [4.69, 9.17) is 4.74 Å². The zero-order valence-electron chi connectivity index (χ0n) is 16.0. The van der Waals surface area contributed by atoms with Crippen molar-refractivity contribution in [1.82, 2.24) is 9.88 Å². The number of esters is 1. The number of carbonyl (C=O) groups excluding carboxylic acids is 2. The minimum absolute atomic E-state index is 0.0968. The number of benzene rings is 2. The molecule has 0 saturated carbocycles. The summed E-state index contributed by atoms with van der Waals surface area (Å²) in [6, 6.07) is 13.5. The zero-order chi connectivity index (χ0) is 20.3. The fourth-order valence-electron chi connectivity index (χ4n) is 2.93. The normalized spacial score (nSPS) is 10.7. The fraction of sp³-hybridized carbons (Fsp3) is 0.227. The molecule has 0 aliphatic heterocycles. The Morgan fingerprint density at radius 3 is 2.61 bits per heavy atom. The number of pyridine rings is 1. The molecule has 0 atom stereocenters. The van der Waals surface area contributed by atoms with E-state index in [1.165, 1.54) is 18.0 Å². The van der Waals surface area contributed by atoms with E-state index in [0.717, 1.165) is 5.56 Å². The van der Waals surface area contributed by atoms with Crippen molar-refractivity contribution in [1.29, 1.82) is 0 Å². The van der Waals surface area contributed by atoms with Gasteiger partial charge in [0.1, 0.15) is 5.82 Å². The Morgan fingerprint density at radius 2 is 1.86 bits per heavy atom. The number of hydrogen-bond donors (Lipinski definition) is 0. The van der Waals surface area contributed by atoms with Crippen LogP contribution in [-0.4, -0.2) is 35.4 Å². The molecule has 144 valence electrons. The van der Waals surface area contributed by atoms with Gasteiger partial charge in [0.15, 0.2) is 6.61 Å². The van der Waals surface area contributed by atoms with Crippen molar-refractivity contribution in [3.63, 3.8) is 0 Å². The lowest BCUT2D eigenvalue weighted by Crippen LogP contribution is -2.31. The van der Waals surface area contributed by atoms with Crippen molar-refractivity contribution in [2.24, 2.45) is 0 Å². The van der Waals surface area contributed by atoms with Crippen LogP contribution in [-0.2, 0) is 16.1 Å². The number of hydrogen-bond acceptors (Lipinski definition) is 4. The number of ether oxygens (including phenoxy) is 1. The van der Waals surface area contributed by atoms with E-state index in [1.54, 1.807) is 31.2 Å². The summed E-state index contributed by atoms with van der Waals surface area (Å²) in [6.07, 6.45) is 0. The average Bonchev–Trinajstić information content (AvgIpc) is 2.67. The molecule has 0 aliphatic carbocycles. The summed E-state index contributed by atoms with van der Waals surface area (Å²) in [4.78, 5) is 30.6. The molecule has 0 saturated heterocycles. The van der Waals surface area contributed by atoms with Crippen LogP contribution in [0.15, 0.2) is 48.5 Å². The Morgan fingerprint density at radius 1 is 1.11 bits per heavy atom. The highest BCUT2D eigenvalue weighted by molar-refractivity contribution is 6.04. The van der Waals surface area contributed by atoms with Crippen LogP contribution >= 0.6 is 0 Å². The monoisotopic (exact) mass is 380 g/mol. The molecule has 28 heavy (non-hydrogen) atoms. The zero-order valence-corrected chi connectivity index (χ0v) is 16.0. The van der Waals surface area contributed by atoms with Crippen molar-refractivity contribution in [2.75, 3.05) is 13.7 Å². The molecule has 0 fully saturated rings. The summed E-state index contributed by atoms with van der Waals surface area (Å²) >= 11 is 0. The van der Waals surface area contributed by atoms with Crippen LogP contribution in [0.25, 0.3) is 10.9 Å². The fourth-order valence-corrected chi connectivity index (χ4v) is 2.93. The van der Waals surface area contributed by atoms with Gasteiger partial charge in [-0.15, -0.1) is 0 Å². The van der Waals surface area contributed by atoms with Gasteiger partial charge in [0.25, 0.3) is 5.91 Å². The summed E-state index contributed by atoms with van der Waals surface area (Å²) in [5.74, 6) is -1.38. The predicted molar refractivity (Wildman–Crippen MR) is 104 cm³/mol. The van der Waals surface area contributed by atoms with Gasteiger partial charge >= 0.3 is 5.97 Å². The van der Waals surface area contributed by atoms with Gasteiger partial charge < -0.3 is 9.64 Å². The minimum atomic E-state index is -0.589. The van der Waals surface area contributed by atoms with Gasteiger partial charge in [-0.05, 0) is 38.1 Å². The van der Waals surface area contributed by atoms with Gasteiger partial charge in [-0.25, -0.2) is 9.18 Å². The van der Waals surface area contributed by atoms with E-state index in [-0.39, 0.29) is 12.4 Å². The molecule has 0 unspecified atom stereocenters. The number of likely N-dealkylation sites (N-methyl/N-ethyl adjacent to an activating group) is 1. The second kappa shape index (κ2) is 8.17. The highest BCUT2D eigenvalue weighted by atomic mass is 19.1. The van der Waals surface area contributed by atoms with E-state index >= 15 is 0 Å². The first-order valence-electron chi connectivity index (χ1n) is 8.87. The molecular formula is C22H21FN2O3. The Bertz CT molecular complexity index is 1050. The smallest absolute Gasteiger partial charge is 0.339 e. The lowest BCUT2D eigenvalue weighted by Gasteiger charge is -2.17. The number of aromatic nitrogens is 1. The second-order valence-corrected chi connectivity index (χ2v) is 6.75. The van der Waals surface area contributed by atoms with Crippen LogP contribution in [0.5, 0.6) is 0 Å². The maximum atomic E-state index is 13.7. The lowest BCUT2D eigenvalue weighted by molar-refractivity contribution is -0.133. The molecule has 1 aromatic heterocycles. The van der Waals surface area contributed by atoms with Gasteiger partial charge in [0.2, 0.25) is 0 Å². The van der Waals surface area contributed by atoms with E-state index in [1.807, 2.05) is 25.1 Å². The van der Waals surface area contributed by atoms with E-state index in [2.05, 4.69) is 4.98 Å². The van der Waals surface area contributed by atoms with Crippen LogP contribution < -0.4 is 0 Å². The summed E-state index contributed by atoms with van der Waals surface area (Å²) < 4.78 is 19.0. The highest BCUT2D eigenvalue weighted by Gasteiger charge is 2.17. The summed E-state index contributed by atoms with van der Waals surface area (Å²) in [6.45, 7) is 3.40. The molecule has 1 heterocycles. The van der Waals surface area contributed by atoms with Crippen LogP contribution in [0, 0.1) is 19.7 Å². The second-order valence-electron chi connectivity index (χ2n) is 6.75. The van der Waals surface area contributed by atoms with E-state index < -0.39 is 18.5 Å². The first-order valence-corrected chi connectivity index (χ1v) is 8.87. The van der Waals surface area contributed by atoms with Crippen LogP contribution in [0.3, 0.4) is 0 Å². The maximum absolute atomic E-state index is 13.7. The van der Waals surface area contributed by atoms with Crippen molar-refractivity contribution in [3.8, 4) is 0 Å². The summed E-state index contributed by atoms with van der Waals surface area (Å²) in [5.41, 5.74) is 3.14. The molecule has 0 radical (unpaired) electrons. The molecule has 0 spiro atoms. The van der Waals surface area contributed by atoms with Crippen LogP contribution in [0.1, 0.15) is 27.2 Å². The van der Waals surface area contributed by atoms with Gasteiger partial charge in [0, 0.05) is 30.2 Å². The van der Waals surface area contributed by atoms with Gasteiger partial charge in [0.05, 0.1) is 11.1 Å². The van der Waals surface area contributed by atoms with Crippen LogP contribution in [0.2, 0.25) is 0 Å². The maximum Gasteiger partial charge on any atom is 0.339 e. The third kappa shape index (κ3) is 4.34. The molecule has 3 aromatic rings. The minimum Gasteiger partial charge on any atom is -0.452 e. The SMILES string of the molecule is Cc1ccc2nc(C)cc(C(=O)OCC(=O)N(C)Cc3ccccc3F)c2c1. The molecule has 3 rings (SSSR count). The first-order chi connectivity index (χ1) is 13.3. The lowest BCUT2D eigenvalue weighted by atomic mass is 10.1. The molecule has 0 N–H and O–H groups in total. The molecular weight excluding hydrogens is 359 g/mol. The highest BCUT2D eigenvalue weighted by Crippen LogP contribution is 2.21. The van der Waals surface area contributed by atoms with Crippen molar-refractivity contribution < 1.29 is 18.7 Å². The quantitative estimate of drug-likeness (QED) is 0.632. The largest absolute Gasteiger partial charge is 0.452 e. The number of fused-ring (bicyclic) bond motifs is 1. The van der Waals surface area contributed by atoms with Gasteiger partial charge in [-0.2, -0.15) is 0 Å². The predicted octanol–water partition coefficient (Wildman–Crippen LogP) is 3.81. The molecule has 2 aromatic carbocycles. The summed E-state index contributed by atoms with van der Waals surface area (Å²) in [7, 11) is 1.54. The Hall–Kier alpha value is -3.28. The van der Waals surface area contributed by atoms with E-state index in [9.17, 15) is 14.0 Å². The number of rotatable bonds is 5. The third-order valence-electron chi connectivity index (χ3n) is 4.43. The van der Waals surface area contributed by atoms with Crippen molar-refractivity contribution >= 4 is 22.8 Å². The first kappa shape index (κ1) is 19.5. The van der Waals surface area contributed by atoms with Crippen molar-refractivity contribution in [2.45, 2.75) is 20.4 Å². The Balaban J connectivity index is 1.70. The summed E-state index contributed by atoms with van der Waals surface area (Å²) in [5, 5.41) is 0.683. The van der Waals surface area contributed by atoms with Gasteiger partial charge in [-0.3, -0.25) is 9.78 Å². The Kier molecular flexibility index (Phi) is 5.68. The average molecular weight is 380 g/mol. The number of aryl methyl sites for hydroxylation is 2. The molecule has 0 bridgehead atoms. The van der Waals surface area contributed by atoms with Gasteiger partial charge in [-0.1, -0.05) is 29.8 Å². The standard InChI is InChI=1S/C22H21FN2O3/c1-14-8-9-20-17(10-14)18(11-15(2)24-20)22(27)28-13-21(26)25(3)12-16-6-4-5-7-19(16)23/h4-11H,12-13H2,1-3H3. The number of amides is 1. The molecule has 6 heteroatoms. The topological polar surface area (TPSA) is 59.5 Å². The third-order valence-corrected chi connectivity index (χ3v) is 4.43. The number of halogens is 1. The molecule has 0 aliphatic rings. The van der Waals surface area contributed by atoms with Crippen LogP contribution in [0.4, 0.5) is 4.39 Å². The van der Waals surface area contributed by atoms with E-state index in [0.29, 0.717) is 27.7 Å². The molecule has 1 amide bonds.